The van der Waals surface area contributed by atoms with Crippen LogP contribution in [-0.2, 0) is 0 Å². The van der Waals surface area contributed by atoms with Crippen LogP contribution in [-0.4, -0.2) is 21.3 Å². The number of carbonyl (C=O) groups is 1. The van der Waals surface area contributed by atoms with Crippen molar-refractivity contribution in [3.05, 3.63) is 23.0 Å². The zero-order valence-corrected chi connectivity index (χ0v) is 9.76. The van der Waals surface area contributed by atoms with Gasteiger partial charge in [0, 0.05) is 17.6 Å². The predicted octanol–water partition coefficient (Wildman–Crippen LogP) is 1.84. The molecule has 0 atom stereocenters. The number of amides is 1. The summed E-state index contributed by atoms with van der Waals surface area (Å²) in [5, 5.41) is 4.80. The number of aromatic nitrogens is 2. The van der Waals surface area contributed by atoms with Gasteiger partial charge in [0.15, 0.2) is 4.96 Å². The number of nitrogens with zero attached hydrogens (tertiary/aromatic N) is 2. The van der Waals surface area contributed by atoms with Crippen molar-refractivity contribution in [2.24, 2.45) is 0 Å². The van der Waals surface area contributed by atoms with Gasteiger partial charge in [-0.3, -0.25) is 9.20 Å². The quantitative estimate of drug-likeness (QED) is 0.844. The van der Waals surface area contributed by atoms with Crippen LogP contribution in [0.1, 0.15) is 30.0 Å². The molecular weight excluding hydrogens is 210 g/mol. The van der Waals surface area contributed by atoms with Gasteiger partial charge in [0.05, 0.1) is 5.69 Å². The molecule has 0 bridgehead atoms. The third-order valence-corrected chi connectivity index (χ3v) is 2.83. The SMILES string of the molecule is Cc1nc2sccn2c1C(=O)NC(C)C. The highest BCUT2D eigenvalue weighted by Gasteiger charge is 2.17. The normalized spacial score (nSPS) is 11.2. The Bertz CT molecular complexity index is 498. The van der Waals surface area contributed by atoms with E-state index in [9.17, 15) is 4.79 Å². The summed E-state index contributed by atoms with van der Waals surface area (Å²) >= 11 is 1.53. The van der Waals surface area contributed by atoms with E-state index in [2.05, 4.69) is 10.3 Å². The van der Waals surface area contributed by atoms with Gasteiger partial charge in [0.25, 0.3) is 5.91 Å². The Morgan fingerprint density at radius 1 is 1.60 bits per heavy atom. The Morgan fingerprint density at radius 3 is 3.00 bits per heavy atom. The molecule has 15 heavy (non-hydrogen) atoms. The minimum absolute atomic E-state index is 0.0617. The highest BCUT2D eigenvalue weighted by molar-refractivity contribution is 7.15. The van der Waals surface area contributed by atoms with Gasteiger partial charge < -0.3 is 5.32 Å². The highest BCUT2D eigenvalue weighted by atomic mass is 32.1. The molecule has 80 valence electrons. The number of carbonyl (C=O) groups excluding carboxylic acids is 1. The van der Waals surface area contributed by atoms with E-state index in [1.165, 1.54) is 11.3 Å². The molecule has 0 aliphatic rings. The Labute approximate surface area is 91.9 Å². The fraction of sp³-hybridized carbons (Fsp3) is 0.400. The van der Waals surface area contributed by atoms with Gasteiger partial charge in [-0.25, -0.2) is 4.98 Å². The maximum Gasteiger partial charge on any atom is 0.270 e. The lowest BCUT2D eigenvalue weighted by molar-refractivity contribution is 0.0936. The Balaban J connectivity index is 2.45. The minimum atomic E-state index is -0.0617. The van der Waals surface area contributed by atoms with Crippen LogP contribution in [0.5, 0.6) is 0 Å². The van der Waals surface area contributed by atoms with Crippen molar-refractivity contribution in [3.63, 3.8) is 0 Å². The monoisotopic (exact) mass is 223 g/mol. The lowest BCUT2D eigenvalue weighted by atomic mass is 10.3. The second kappa shape index (κ2) is 3.66. The molecular formula is C10H13N3OS. The third kappa shape index (κ3) is 1.74. The Morgan fingerprint density at radius 2 is 2.33 bits per heavy atom. The number of nitrogens with one attached hydrogen (secondary N) is 1. The van der Waals surface area contributed by atoms with Gasteiger partial charge >= 0.3 is 0 Å². The smallest absolute Gasteiger partial charge is 0.270 e. The molecule has 0 fully saturated rings. The van der Waals surface area contributed by atoms with Crippen molar-refractivity contribution in [1.29, 1.82) is 0 Å². The van der Waals surface area contributed by atoms with Crippen molar-refractivity contribution in [1.82, 2.24) is 14.7 Å². The van der Waals surface area contributed by atoms with E-state index >= 15 is 0 Å². The van der Waals surface area contributed by atoms with Crippen molar-refractivity contribution in [3.8, 4) is 0 Å². The largest absolute Gasteiger partial charge is 0.349 e. The third-order valence-electron chi connectivity index (χ3n) is 2.07. The van der Waals surface area contributed by atoms with Gasteiger partial charge in [-0.1, -0.05) is 0 Å². The van der Waals surface area contributed by atoms with Crippen LogP contribution in [0.2, 0.25) is 0 Å². The summed E-state index contributed by atoms with van der Waals surface area (Å²) in [6, 6.07) is 0.140. The molecule has 0 aromatic carbocycles. The lowest BCUT2D eigenvalue weighted by Crippen LogP contribution is -2.31. The molecule has 0 aliphatic heterocycles. The zero-order valence-electron chi connectivity index (χ0n) is 8.94. The summed E-state index contributed by atoms with van der Waals surface area (Å²) < 4.78 is 1.83. The first kappa shape index (κ1) is 10.2. The maximum atomic E-state index is 11.9. The van der Waals surface area contributed by atoms with E-state index in [1.807, 2.05) is 36.7 Å². The first-order chi connectivity index (χ1) is 7.09. The van der Waals surface area contributed by atoms with Crippen molar-refractivity contribution in [2.75, 3.05) is 0 Å². The summed E-state index contributed by atoms with van der Waals surface area (Å²) in [4.78, 5) is 17.1. The molecule has 0 saturated heterocycles. The summed E-state index contributed by atoms with van der Waals surface area (Å²) in [7, 11) is 0. The fourth-order valence-electron chi connectivity index (χ4n) is 1.50. The maximum absolute atomic E-state index is 11.9. The zero-order chi connectivity index (χ0) is 11.0. The number of hydrogen-bond donors (Lipinski definition) is 1. The number of hydrogen-bond acceptors (Lipinski definition) is 3. The summed E-state index contributed by atoms with van der Waals surface area (Å²) in [5.74, 6) is -0.0617. The lowest BCUT2D eigenvalue weighted by Gasteiger charge is -2.07. The first-order valence-electron chi connectivity index (χ1n) is 4.82. The van der Waals surface area contributed by atoms with Crippen molar-refractivity contribution < 1.29 is 4.79 Å². The topological polar surface area (TPSA) is 46.4 Å². The second-order valence-corrected chi connectivity index (χ2v) is 4.60. The first-order valence-corrected chi connectivity index (χ1v) is 5.70. The second-order valence-electron chi connectivity index (χ2n) is 3.73. The fourth-order valence-corrected chi connectivity index (χ4v) is 2.26. The minimum Gasteiger partial charge on any atom is -0.349 e. The molecule has 5 heteroatoms. The van der Waals surface area contributed by atoms with E-state index in [4.69, 9.17) is 0 Å². The standard InChI is InChI=1S/C10H13N3OS/c1-6(2)11-9(14)8-7(3)12-10-13(8)4-5-15-10/h4-6H,1-3H3,(H,11,14). The molecule has 2 aromatic rings. The van der Waals surface area contributed by atoms with Crippen LogP contribution in [0.3, 0.4) is 0 Å². The molecule has 2 rings (SSSR count). The van der Waals surface area contributed by atoms with Gasteiger partial charge in [-0.05, 0) is 20.8 Å². The summed E-state index contributed by atoms with van der Waals surface area (Å²) in [6.45, 7) is 5.74. The van der Waals surface area contributed by atoms with Gasteiger partial charge in [-0.2, -0.15) is 0 Å². The molecule has 0 aliphatic carbocycles. The molecule has 0 spiro atoms. The van der Waals surface area contributed by atoms with Crippen LogP contribution < -0.4 is 5.32 Å². The molecule has 1 amide bonds. The molecule has 2 heterocycles. The van der Waals surface area contributed by atoms with E-state index < -0.39 is 0 Å². The molecule has 1 N–H and O–H groups in total. The predicted molar refractivity (Wildman–Crippen MR) is 60.4 cm³/mol. The number of fused-ring (bicyclic) bond motifs is 1. The van der Waals surface area contributed by atoms with Crippen LogP contribution >= 0.6 is 11.3 Å². The number of aryl methyl sites for hydroxylation is 1. The van der Waals surface area contributed by atoms with E-state index in [1.54, 1.807) is 0 Å². The van der Waals surface area contributed by atoms with Crippen LogP contribution in [0.4, 0.5) is 0 Å². The molecule has 0 unspecified atom stereocenters. The Kier molecular flexibility index (Phi) is 2.48. The van der Waals surface area contributed by atoms with Crippen LogP contribution in [0.25, 0.3) is 4.96 Å². The molecule has 2 aromatic heterocycles. The van der Waals surface area contributed by atoms with Crippen molar-refractivity contribution >= 4 is 22.2 Å². The average Bonchev–Trinajstić information content (AvgIpc) is 2.60. The number of rotatable bonds is 2. The van der Waals surface area contributed by atoms with Crippen LogP contribution in [0.15, 0.2) is 11.6 Å². The number of thiazole rings is 1. The summed E-state index contributed by atoms with van der Waals surface area (Å²) in [6.07, 6.45) is 1.87. The van der Waals surface area contributed by atoms with Gasteiger partial charge in [-0.15, -0.1) is 11.3 Å². The highest BCUT2D eigenvalue weighted by Crippen LogP contribution is 2.16. The molecule has 0 saturated carbocycles. The van der Waals surface area contributed by atoms with E-state index in [0.29, 0.717) is 5.69 Å². The van der Waals surface area contributed by atoms with Gasteiger partial charge in [0.1, 0.15) is 5.69 Å². The van der Waals surface area contributed by atoms with Crippen molar-refractivity contribution in [2.45, 2.75) is 26.8 Å². The van der Waals surface area contributed by atoms with E-state index in [0.717, 1.165) is 10.7 Å². The Hall–Kier alpha value is -1.36. The van der Waals surface area contributed by atoms with E-state index in [-0.39, 0.29) is 11.9 Å². The van der Waals surface area contributed by atoms with Crippen LogP contribution in [0, 0.1) is 6.92 Å². The number of imidazole rings is 1. The average molecular weight is 223 g/mol. The molecule has 0 radical (unpaired) electrons. The molecule has 4 nitrogen and oxygen atoms in total. The summed E-state index contributed by atoms with van der Waals surface area (Å²) in [5.41, 5.74) is 1.42. The van der Waals surface area contributed by atoms with Gasteiger partial charge in [0.2, 0.25) is 0 Å².